The van der Waals surface area contributed by atoms with E-state index in [-0.39, 0.29) is 0 Å². The van der Waals surface area contributed by atoms with Gasteiger partial charge in [0.05, 0.1) is 56.6 Å². The molecular formula is C104H64N10. The van der Waals surface area contributed by atoms with Crippen molar-refractivity contribution in [1.29, 1.82) is 0 Å². The number of hydrogen-bond acceptors (Lipinski definition) is 10. The van der Waals surface area contributed by atoms with Crippen LogP contribution in [0.15, 0.2) is 389 Å². The summed E-state index contributed by atoms with van der Waals surface area (Å²) in [4.78, 5) is 51.9. The smallest absolute Gasteiger partial charge is 0.161 e. The van der Waals surface area contributed by atoms with Gasteiger partial charge in [0.25, 0.3) is 0 Å². The molecule has 21 aromatic rings. The summed E-state index contributed by atoms with van der Waals surface area (Å²) >= 11 is 0. The predicted octanol–water partition coefficient (Wildman–Crippen LogP) is 25.9. The van der Waals surface area contributed by atoms with Crippen molar-refractivity contribution in [2.24, 2.45) is 0 Å². The van der Waals surface area contributed by atoms with E-state index in [0.717, 1.165) is 183 Å². The van der Waals surface area contributed by atoms with Gasteiger partial charge in [-0.15, -0.1) is 0 Å². The van der Waals surface area contributed by atoms with Gasteiger partial charge in [-0.1, -0.05) is 297 Å². The Labute approximate surface area is 657 Å². The van der Waals surface area contributed by atoms with E-state index in [4.69, 9.17) is 49.8 Å². The third-order valence-electron chi connectivity index (χ3n) is 21.5. The van der Waals surface area contributed by atoms with E-state index in [9.17, 15) is 0 Å². The van der Waals surface area contributed by atoms with E-state index in [1.165, 1.54) is 16.2 Å². The molecule has 0 atom stereocenters. The number of hydrogen-bond donors (Lipinski definition) is 0. The van der Waals surface area contributed by atoms with Crippen LogP contribution in [0.3, 0.4) is 0 Å². The van der Waals surface area contributed by atoms with Crippen LogP contribution in [0, 0.1) is 0 Å². The van der Waals surface area contributed by atoms with Crippen LogP contribution in [0.5, 0.6) is 0 Å². The maximum absolute atomic E-state index is 5.34. The van der Waals surface area contributed by atoms with Gasteiger partial charge in [0.15, 0.2) is 23.3 Å². The lowest BCUT2D eigenvalue weighted by molar-refractivity contribution is 1.17. The maximum Gasteiger partial charge on any atom is 0.161 e. The Morgan fingerprint density at radius 2 is 0.360 bits per heavy atom. The first-order chi connectivity index (χ1) is 56.3. The van der Waals surface area contributed by atoms with Crippen molar-refractivity contribution < 1.29 is 0 Å². The number of aromatic nitrogens is 10. The number of para-hydroxylation sites is 1. The Morgan fingerprint density at radius 3 is 0.763 bits per heavy atom. The summed E-state index contributed by atoms with van der Waals surface area (Å²) in [7, 11) is 0. The molecule has 15 aromatic carbocycles. The highest BCUT2D eigenvalue weighted by Gasteiger charge is 2.20. The lowest BCUT2D eigenvalue weighted by atomic mass is 9.97. The van der Waals surface area contributed by atoms with Gasteiger partial charge in [-0.25, -0.2) is 39.9 Å². The highest BCUT2D eigenvalue weighted by molar-refractivity contribution is 5.96. The molecule has 114 heavy (non-hydrogen) atoms. The topological polar surface area (TPSA) is 129 Å². The van der Waals surface area contributed by atoms with Crippen LogP contribution in [-0.4, -0.2) is 49.8 Å². The molecule has 0 saturated carbocycles. The van der Waals surface area contributed by atoms with E-state index in [2.05, 4.69) is 322 Å². The molecule has 0 fully saturated rings. The van der Waals surface area contributed by atoms with Crippen molar-refractivity contribution in [2.45, 2.75) is 0 Å². The molecule has 6 heterocycles. The van der Waals surface area contributed by atoms with Crippen LogP contribution in [0.1, 0.15) is 0 Å². The largest absolute Gasteiger partial charge is 0.255 e. The first-order valence-electron chi connectivity index (χ1n) is 38.1. The maximum atomic E-state index is 5.34. The minimum Gasteiger partial charge on any atom is -0.255 e. The molecule has 10 heteroatoms. The van der Waals surface area contributed by atoms with Crippen molar-refractivity contribution in [3.63, 3.8) is 0 Å². The zero-order chi connectivity index (χ0) is 75.4. The highest BCUT2D eigenvalue weighted by atomic mass is 14.9. The summed E-state index contributed by atoms with van der Waals surface area (Å²) in [6, 6.07) is 131. The highest BCUT2D eigenvalue weighted by Crippen LogP contribution is 2.39. The monoisotopic (exact) mass is 1450 g/mol. The van der Waals surface area contributed by atoms with Crippen LogP contribution in [0.25, 0.3) is 223 Å². The van der Waals surface area contributed by atoms with Gasteiger partial charge in [0, 0.05) is 89.9 Å². The number of pyridine rings is 2. The summed E-state index contributed by atoms with van der Waals surface area (Å²) in [5, 5.41) is 11.2. The molecule has 530 valence electrons. The van der Waals surface area contributed by atoms with Crippen molar-refractivity contribution in [2.75, 3.05) is 0 Å². The molecule has 0 aliphatic carbocycles. The van der Waals surface area contributed by atoms with Crippen LogP contribution in [0.2, 0.25) is 0 Å². The Morgan fingerprint density at radius 1 is 0.123 bits per heavy atom. The minimum absolute atomic E-state index is 0.571. The SMILES string of the molecule is c1ccc(-c2cc(-c3ccc4ccccc4c3)nc(-c3ccc(-c4ccc(-c5nc(-c6ccccc6)cc(-c6ccc7ccc(-c8ccc9cc(-c%10nc(-c%11ccc(-c%12cc(-c%13ccc%14ccccc%14c%13)nc(-c%13cnc%14ccccc%14c%13)n%12)cc%11)cc(-c%11ccc%12ccccc%12c%11)n%10)cnc9c8)cc7c6)n5)cc4)cc3)n2)cc1. The Kier molecular flexibility index (Phi) is 16.7. The van der Waals surface area contributed by atoms with Gasteiger partial charge in [-0.05, 0) is 144 Å². The molecule has 0 bridgehead atoms. The van der Waals surface area contributed by atoms with Gasteiger partial charge in [-0.2, -0.15) is 0 Å². The fourth-order valence-corrected chi connectivity index (χ4v) is 15.4. The number of nitrogens with zero attached hydrogens (tertiary/aromatic N) is 10. The molecule has 0 unspecified atom stereocenters. The zero-order valence-corrected chi connectivity index (χ0v) is 61.4. The Bertz CT molecular complexity index is 7240. The van der Waals surface area contributed by atoms with E-state index in [1.54, 1.807) is 0 Å². The van der Waals surface area contributed by atoms with Crippen LogP contribution in [0.4, 0.5) is 0 Å². The third-order valence-corrected chi connectivity index (χ3v) is 21.5. The van der Waals surface area contributed by atoms with Crippen molar-refractivity contribution in [3.05, 3.63) is 389 Å². The van der Waals surface area contributed by atoms with Gasteiger partial charge in [0.2, 0.25) is 0 Å². The van der Waals surface area contributed by atoms with Crippen LogP contribution >= 0.6 is 0 Å². The quantitative estimate of drug-likeness (QED) is 0.104. The molecule has 0 N–H and O–H groups in total. The molecule has 21 rings (SSSR count). The summed E-state index contributed by atoms with van der Waals surface area (Å²) in [5.41, 5.74) is 24.0. The normalized spacial score (nSPS) is 11.5. The second-order valence-electron chi connectivity index (χ2n) is 28.8. The average Bonchev–Trinajstić information content (AvgIpc) is 0.828. The Hall–Kier alpha value is -15.5. The van der Waals surface area contributed by atoms with E-state index >= 15 is 0 Å². The molecule has 0 aliphatic rings. The van der Waals surface area contributed by atoms with Crippen molar-refractivity contribution in [3.8, 4) is 158 Å². The summed E-state index contributed by atoms with van der Waals surface area (Å²) in [5.74, 6) is 2.47. The molecular weight excluding hydrogens is 1390 g/mol. The lowest BCUT2D eigenvalue weighted by Crippen LogP contribution is -1.98. The second kappa shape index (κ2) is 28.5. The number of fused-ring (bicyclic) bond motifs is 6. The van der Waals surface area contributed by atoms with E-state index < -0.39 is 0 Å². The number of benzene rings is 15. The fraction of sp³-hybridized carbons (Fsp3) is 0. The van der Waals surface area contributed by atoms with Crippen LogP contribution < -0.4 is 0 Å². The molecule has 6 aromatic heterocycles. The lowest BCUT2D eigenvalue weighted by Gasteiger charge is -2.12. The summed E-state index contributed by atoms with van der Waals surface area (Å²) in [6.07, 6.45) is 3.76. The number of rotatable bonds is 14. The minimum atomic E-state index is 0.571. The van der Waals surface area contributed by atoms with Gasteiger partial charge < -0.3 is 0 Å². The fourth-order valence-electron chi connectivity index (χ4n) is 15.4. The molecule has 0 radical (unpaired) electrons. The average molecular weight is 1450 g/mol. The summed E-state index contributed by atoms with van der Waals surface area (Å²) < 4.78 is 0. The van der Waals surface area contributed by atoms with Gasteiger partial charge >= 0.3 is 0 Å². The zero-order valence-electron chi connectivity index (χ0n) is 61.4. The van der Waals surface area contributed by atoms with Crippen molar-refractivity contribution in [1.82, 2.24) is 49.8 Å². The second-order valence-corrected chi connectivity index (χ2v) is 28.8. The van der Waals surface area contributed by atoms with Gasteiger partial charge in [-0.3, -0.25) is 9.97 Å². The molecule has 0 saturated heterocycles. The summed E-state index contributed by atoms with van der Waals surface area (Å²) in [6.45, 7) is 0. The van der Waals surface area contributed by atoms with E-state index in [0.29, 0.717) is 23.3 Å². The molecule has 0 aliphatic heterocycles. The van der Waals surface area contributed by atoms with Gasteiger partial charge in [0.1, 0.15) is 0 Å². The first kappa shape index (κ1) is 66.7. The van der Waals surface area contributed by atoms with Crippen molar-refractivity contribution >= 4 is 64.9 Å². The molecule has 10 nitrogen and oxygen atoms in total. The standard InChI is InChI=1S/C104H64N10/c1-3-18-71(19-4-1)93-59-97(84-46-32-65-15-7-10-22-77(65)51-84)111-101(107-93)75-40-27-68(28-41-75)69-29-42-76(43-30-69)102-108-94(72-20-5-2-6-21-72)60-100(112-102)87-49-35-70-31-44-80(54-88(70)55-87)81-45-50-83-57-90(64-106-92(83)58-81)104-110-96(62-99(114-104)86-48-34-67-17-9-12-24-79(67)53-86)74-38-36-73(37-39-74)95-61-98(85-47-33-66-16-8-11-23-78(66)52-85)113-103(109-95)89-56-82-25-13-14-26-91(82)105-63-89/h1-64H. The first-order valence-corrected chi connectivity index (χ1v) is 38.1. The van der Waals surface area contributed by atoms with Crippen LogP contribution in [-0.2, 0) is 0 Å². The van der Waals surface area contributed by atoms with E-state index in [1.807, 2.05) is 67.0 Å². The molecule has 0 amide bonds. The molecule has 0 spiro atoms. The predicted molar refractivity (Wildman–Crippen MR) is 466 cm³/mol. The Balaban J connectivity index is 0.573. The third kappa shape index (κ3) is 13.2.